The number of amides is 1. The van der Waals surface area contributed by atoms with Crippen molar-refractivity contribution in [3.8, 4) is 0 Å². The summed E-state index contributed by atoms with van der Waals surface area (Å²) in [7, 11) is 0. The molecule has 2 unspecified atom stereocenters. The molecule has 20 heavy (non-hydrogen) atoms. The third-order valence-corrected chi connectivity index (χ3v) is 3.09. The van der Waals surface area contributed by atoms with Crippen LogP contribution in [0.5, 0.6) is 0 Å². The van der Waals surface area contributed by atoms with E-state index in [-0.39, 0.29) is 13.0 Å². The van der Waals surface area contributed by atoms with Crippen molar-refractivity contribution in [1.29, 1.82) is 0 Å². The minimum Gasteiger partial charge on any atom is -0.480 e. The van der Waals surface area contributed by atoms with E-state index < -0.39 is 47.0 Å². The van der Waals surface area contributed by atoms with Crippen LogP contribution in [0.1, 0.15) is 16.8 Å². The fraction of sp³-hybridized carbons (Fsp3) is 0.333. The molecule has 1 aromatic rings. The Bertz CT molecular complexity index is 578. The molecule has 0 aliphatic carbocycles. The molecular formula is C12H10F3NO4. The van der Waals surface area contributed by atoms with Gasteiger partial charge in [-0.15, -0.1) is 0 Å². The second kappa shape index (κ2) is 5.12. The van der Waals surface area contributed by atoms with Crippen molar-refractivity contribution in [2.75, 3.05) is 6.54 Å². The molecule has 2 rings (SSSR count). The first-order valence-electron chi connectivity index (χ1n) is 5.68. The van der Waals surface area contributed by atoms with Gasteiger partial charge in [0.1, 0.15) is 6.04 Å². The topological polar surface area (TPSA) is 77.8 Å². The van der Waals surface area contributed by atoms with Gasteiger partial charge in [-0.25, -0.2) is 18.0 Å². The molecule has 1 saturated heterocycles. The lowest BCUT2D eigenvalue weighted by Gasteiger charge is -2.21. The molecule has 1 amide bonds. The first-order chi connectivity index (χ1) is 9.32. The smallest absolute Gasteiger partial charge is 0.326 e. The number of benzene rings is 1. The number of likely N-dealkylation sites (tertiary alicyclic amines) is 1. The van der Waals surface area contributed by atoms with Gasteiger partial charge in [0, 0.05) is 13.0 Å². The number of carbonyl (C=O) groups excluding carboxylic acids is 1. The molecular weight excluding hydrogens is 279 g/mol. The molecule has 1 heterocycles. The van der Waals surface area contributed by atoms with Crippen molar-refractivity contribution in [3.63, 3.8) is 0 Å². The molecule has 2 N–H and O–H groups in total. The predicted molar refractivity (Wildman–Crippen MR) is 59.4 cm³/mol. The summed E-state index contributed by atoms with van der Waals surface area (Å²) in [4.78, 5) is 23.7. The molecule has 0 bridgehead atoms. The van der Waals surface area contributed by atoms with Gasteiger partial charge in [-0.05, 0) is 12.1 Å². The molecule has 0 aromatic heterocycles. The van der Waals surface area contributed by atoms with Gasteiger partial charge in [0.15, 0.2) is 17.5 Å². The van der Waals surface area contributed by atoms with Crippen molar-refractivity contribution < 1.29 is 33.0 Å². The van der Waals surface area contributed by atoms with E-state index in [0.717, 1.165) is 11.0 Å². The van der Waals surface area contributed by atoms with Gasteiger partial charge in [-0.3, -0.25) is 4.79 Å². The monoisotopic (exact) mass is 289 g/mol. The third kappa shape index (κ3) is 2.34. The largest absolute Gasteiger partial charge is 0.480 e. The Morgan fingerprint density at radius 2 is 1.85 bits per heavy atom. The minimum atomic E-state index is -1.80. The maximum atomic E-state index is 13.5. The highest BCUT2D eigenvalue weighted by Gasteiger charge is 2.40. The average Bonchev–Trinajstić information content (AvgIpc) is 2.78. The molecule has 0 radical (unpaired) electrons. The maximum absolute atomic E-state index is 13.5. The number of aliphatic hydroxyl groups is 1. The van der Waals surface area contributed by atoms with Crippen LogP contribution in [0.25, 0.3) is 0 Å². The molecule has 8 heteroatoms. The van der Waals surface area contributed by atoms with Crippen LogP contribution in [-0.2, 0) is 4.79 Å². The van der Waals surface area contributed by atoms with Crippen molar-refractivity contribution in [2.45, 2.75) is 18.6 Å². The standard InChI is InChI=1S/C12H10F3NO4/c13-7-2-1-6(9(14)10(7)15)11(18)16-4-5(17)3-8(16)12(19)20/h1-2,5,8,17H,3-4H2,(H,19,20). The summed E-state index contributed by atoms with van der Waals surface area (Å²) in [5.41, 5.74) is -0.774. The Labute approximate surface area is 111 Å². The van der Waals surface area contributed by atoms with Gasteiger partial charge in [-0.2, -0.15) is 0 Å². The van der Waals surface area contributed by atoms with E-state index in [0.29, 0.717) is 6.07 Å². The number of β-amino-alcohol motifs (C(OH)–C–C–N with tert-alkyl or cyclic N) is 1. The molecule has 1 aromatic carbocycles. The van der Waals surface area contributed by atoms with E-state index in [4.69, 9.17) is 5.11 Å². The van der Waals surface area contributed by atoms with E-state index in [9.17, 15) is 27.9 Å². The van der Waals surface area contributed by atoms with Crippen molar-refractivity contribution in [1.82, 2.24) is 4.90 Å². The van der Waals surface area contributed by atoms with Crippen LogP contribution in [0.2, 0.25) is 0 Å². The van der Waals surface area contributed by atoms with Crippen LogP contribution in [0.3, 0.4) is 0 Å². The molecule has 2 atom stereocenters. The van der Waals surface area contributed by atoms with Crippen molar-refractivity contribution in [3.05, 3.63) is 35.1 Å². The van der Waals surface area contributed by atoms with E-state index >= 15 is 0 Å². The van der Waals surface area contributed by atoms with E-state index in [1.807, 2.05) is 0 Å². The van der Waals surface area contributed by atoms with Crippen LogP contribution in [0.4, 0.5) is 13.2 Å². The second-order valence-electron chi connectivity index (χ2n) is 4.42. The molecule has 108 valence electrons. The Morgan fingerprint density at radius 3 is 2.45 bits per heavy atom. The highest BCUT2D eigenvalue weighted by molar-refractivity contribution is 5.97. The molecule has 5 nitrogen and oxygen atoms in total. The number of hydrogen-bond donors (Lipinski definition) is 2. The van der Waals surface area contributed by atoms with Crippen molar-refractivity contribution in [2.24, 2.45) is 0 Å². The van der Waals surface area contributed by atoms with Crippen LogP contribution >= 0.6 is 0 Å². The third-order valence-electron chi connectivity index (χ3n) is 3.09. The number of aliphatic carboxylic acids is 1. The fourth-order valence-electron chi connectivity index (χ4n) is 2.12. The van der Waals surface area contributed by atoms with Crippen LogP contribution < -0.4 is 0 Å². The zero-order valence-electron chi connectivity index (χ0n) is 10.0. The SMILES string of the molecule is O=C(O)C1CC(O)CN1C(=O)c1ccc(F)c(F)c1F. The summed E-state index contributed by atoms with van der Waals surface area (Å²) in [6, 6.07) is -0.0156. The van der Waals surface area contributed by atoms with Gasteiger partial charge in [0.05, 0.1) is 11.7 Å². The zero-order valence-corrected chi connectivity index (χ0v) is 10.0. The van der Waals surface area contributed by atoms with E-state index in [2.05, 4.69) is 0 Å². The summed E-state index contributed by atoms with van der Waals surface area (Å²) in [6.07, 6.45) is -1.26. The molecule has 0 saturated carbocycles. The first kappa shape index (κ1) is 14.3. The Hall–Kier alpha value is -2.09. The molecule has 1 fully saturated rings. The van der Waals surface area contributed by atoms with Crippen LogP contribution in [0.15, 0.2) is 12.1 Å². The number of carboxylic acid groups (broad SMARTS) is 1. The lowest BCUT2D eigenvalue weighted by molar-refractivity contribution is -0.141. The number of carbonyl (C=O) groups is 2. The number of aliphatic hydroxyl groups excluding tert-OH is 1. The van der Waals surface area contributed by atoms with Gasteiger partial charge in [0.25, 0.3) is 5.91 Å². The summed E-state index contributed by atoms with van der Waals surface area (Å²) < 4.78 is 39.4. The van der Waals surface area contributed by atoms with Crippen molar-refractivity contribution >= 4 is 11.9 Å². The molecule has 1 aliphatic heterocycles. The predicted octanol–water partition coefficient (Wildman–Crippen LogP) is 0.764. The molecule has 0 spiro atoms. The number of hydrogen-bond acceptors (Lipinski definition) is 3. The maximum Gasteiger partial charge on any atom is 0.326 e. The Morgan fingerprint density at radius 1 is 1.20 bits per heavy atom. The summed E-state index contributed by atoms with van der Waals surface area (Å²) >= 11 is 0. The zero-order chi connectivity index (χ0) is 15.0. The fourth-order valence-corrected chi connectivity index (χ4v) is 2.12. The Balaban J connectivity index is 2.36. The minimum absolute atomic E-state index is 0.202. The number of halogens is 3. The van der Waals surface area contributed by atoms with Crippen LogP contribution in [0, 0.1) is 17.5 Å². The summed E-state index contributed by atoms with van der Waals surface area (Å²) in [5, 5.41) is 18.3. The number of carboxylic acids is 1. The second-order valence-corrected chi connectivity index (χ2v) is 4.42. The Kier molecular flexibility index (Phi) is 3.67. The van der Waals surface area contributed by atoms with E-state index in [1.165, 1.54) is 0 Å². The quantitative estimate of drug-likeness (QED) is 0.788. The van der Waals surface area contributed by atoms with Gasteiger partial charge >= 0.3 is 5.97 Å². The average molecular weight is 289 g/mol. The van der Waals surface area contributed by atoms with Crippen LogP contribution in [-0.4, -0.2) is 45.7 Å². The lowest BCUT2D eigenvalue weighted by Crippen LogP contribution is -2.41. The highest BCUT2D eigenvalue weighted by Crippen LogP contribution is 2.23. The first-order valence-corrected chi connectivity index (χ1v) is 5.68. The van der Waals surface area contributed by atoms with Gasteiger partial charge in [0.2, 0.25) is 0 Å². The molecule has 1 aliphatic rings. The summed E-state index contributed by atoms with van der Waals surface area (Å²) in [5.74, 6) is -7.40. The highest BCUT2D eigenvalue weighted by atomic mass is 19.2. The van der Waals surface area contributed by atoms with E-state index in [1.54, 1.807) is 0 Å². The van der Waals surface area contributed by atoms with Gasteiger partial charge in [-0.1, -0.05) is 0 Å². The number of rotatable bonds is 2. The summed E-state index contributed by atoms with van der Waals surface area (Å²) in [6.45, 7) is -0.311. The lowest BCUT2D eigenvalue weighted by atomic mass is 10.1. The number of nitrogens with zero attached hydrogens (tertiary/aromatic N) is 1. The normalized spacial score (nSPS) is 22.1. The van der Waals surface area contributed by atoms with Gasteiger partial charge < -0.3 is 15.1 Å².